The van der Waals surface area contributed by atoms with Gasteiger partial charge in [-0.05, 0) is 13.8 Å². The van der Waals surface area contributed by atoms with Crippen LogP contribution in [0.4, 0.5) is 0 Å². The molecule has 0 fully saturated rings. The first kappa shape index (κ1) is 9.58. The average molecular weight is 185 g/mol. The van der Waals surface area contributed by atoms with Crippen LogP contribution in [0.3, 0.4) is 0 Å². The van der Waals surface area contributed by atoms with Crippen molar-refractivity contribution < 1.29 is 0 Å². The summed E-state index contributed by atoms with van der Waals surface area (Å²) < 4.78 is 1.88. The molecule has 0 radical (unpaired) electrons. The van der Waals surface area contributed by atoms with Crippen molar-refractivity contribution in [3.05, 3.63) is 6.20 Å². The number of hydrogen-bond acceptors (Lipinski definition) is 3. The molecule has 0 spiro atoms. The van der Waals surface area contributed by atoms with Gasteiger partial charge in [0.05, 0.1) is 6.20 Å². The zero-order valence-electron chi connectivity index (χ0n) is 7.98. The molecule has 0 atom stereocenters. The van der Waals surface area contributed by atoms with Gasteiger partial charge < -0.3 is 0 Å². The average Bonchev–Trinajstić information content (AvgIpc) is 2.34. The molecular weight excluding hydrogens is 170 g/mol. The van der Waals surface area contributed by atoms with Crippen molar-refractivity contribution in [2.24, 2.45) is 0 Å². The lowest BCUT2D eigenvalue weighted by Crippen LogP contribution is -2.00. The highest BCUT2D eigenvalue weighted by Gasteiger charge is 2.05. The van der Waals surface area contributed by atoms with Gasteiger partial charge in [0.1, 0.15) is 5.03 Å². The van der Waals surface area contributed by atoms with Gasteiger partial charge in [0.25, 0.3) is 0 Å². The summed E-state index contributed by atoms with van der Waals surface area (Å²) in [6, 6.07) is 0.402. The molecule has 1 heterocycles. The van der Waals surface area contributed by atoms with E-state index in [2.05, 4.69) is 38.0 Å². The Morgan fingerprint density at radius 2 is 2.00 bits per heavy atom. The summed E-state index contributed by atoms with van der Waals surface area (Å²) in [5.41, 5.74) is 0. The van der Waals surface area contributed by atoms with Gasteiger partial charge in [-0.15, -0.1) is 16.9 Å². The Kier molecular flexibility index (Phi) is 3.14. The molecule has 0 saturated heterocycles. The molecule has 0 aliphatic heterocycles. The van der Waals surface area contributed by atoms with Crippen molar-refractivity contribution in [1.29, 1.82) is 0 Å². The minimum Gasteiger partial charge on any atom is -0.249 e. The van der Waals surface area contributed by atoms with E-state index in [4.69, 9.17) is 0 Å². The van der Waals surface area contributed by atoms with Crippen molar-refractivity contribution in [3.63, 3.8) is 0 Å². The second kappa shape index (κ2) is 3.94. The summed E-state index contributed by atoms with van der Waals surface area (Å²) in [6.07, 6.45) is 2.00. The third kappa shape index (κ3) is 2.52. The van der Waals surface area contributed by atoms with Crippen LogP contribution in [0.15, 0.2) is 11.2 Å². The molecule has 0 aromatic carbocycles. The molecule has 0 N–H and O–H groups in total. The lowest BCUT2D eigenvalue weighted by molar-refractivity contribution is 0.514. The number of rotatable bonds is 3. The minimum atomic E-state index is 0.402. The van der Waals surface area contributed by atoms with E-state index in [1.807, 2.05) is 10.9 Å². The van der Waals surface area contributed by atoms with Gasteiger partial charge in [-0.1, -0.05) is 19.1 Å². The molecule has 0 amide bonds. The second-order valence-electron chi connectivity index (χ2n) is 3.30. The predicted molar refractivity (Wildman–Crippen MR) is 51.4 cm³/mol. The normalized spacial score (nSPS) is 11.5. The van der Waals surface area contributed by atoms with E-state index in [0.717, 1.165) is 5.03 Å². The summed E-state index contributed by atoms with van der Waals surface area (Å²) >= 11 is 1.74. The molecule has 3 nitrogen and oxygen atoms in total. The Bertz CT molecular complexity index is 242. The molecule has 12 heavy (non-hydrogen) atoms. The monoisotopic (exact) mass is 185 g/mol. The maximum Gasteiger partial charge on any atom is 0.139 e. The van der Waals surface area contributed by atoms with Crippen LogP contribution in [-0.4, -0.2) is 20.2 Å². The summed E-state index contributed by atoms with van der Waals surface area (Å²) in [7, 11) is 0. The molecule has 1 rings (SSSR count). The van der Waals surface area contributed by atoms with Gasteiger partial charge in [0.15, 0.2) is 0 Å². The van der Waals surface area contributed by atoms with Crippen molar-refractivity contribution in [2.45, 2.75) is 44.0 Å². The summed E-state index contributed by atoms with van der Waals surface area (Å²) in [5.74, 6) is 0. The van der Waals surface area contributed by atoms with E-state index in [9.17, 15) is 0 Å². The molecular formula is C8H15N3S. The highest BCUT2D eigenvalue weighted by atomic mass is 32.2. The fourth-order valence-electron chi connectivity index (χ4n) is 0.808. The Morgan fingerprint density at radius 1 is 1.33 bits per heavy atom. The summed E-state index contributed by atoms with van der Waals surface area (Å²) in [4.78, 5) is 0. The van der Waals surface area contributed by atoms with Crippen LogP contribution in [0.25, 0.3) is 0 Å². The van der Waals surface area contributed by atoms with Crippen molar-refractivity contribution >= 4 is 11.8 Å². The largest absolute Gasteiger partial charge is 0.249 e. The van der Waals surface area contributed by atoms with Crippen LogP contribution in [0, 0.1) is 0 Å². The van der Waals surface area contributed by atoms with Crippen molar-refractivity contribution in [3.8, 4) is 0 Å². The van der Waals surface area contributed by atoms with E-state index < -0.39 is 0 Å². The predicted octanol–water partition coefficient (Wildman–Crippen LogP) is 2.36. The molecule has 0 aliphatic carbocycles. The van der Waals surface area contributed by atoms with Gasteiger partial charge in [-0.2, -0.15) is 0 Å². The quantitative estimate of drug-likeness (QED) is 0.677. The fraction of sp³-hybridized carbons (Fsp3) is 0.750. The lowest BCUT2D eigenvalue weighted by Gasteiger charge is -2.01. The zero-order chi connectivity index (χ0) is 9.14. The van der Waals surface area contributed by atoms with Crippen LogP contribution < -0.4 is 0 Å². The molecule has 0 unspecified atom stereocenters. The zero-order valence-corrected chi connectivity index (χ0v) is 8.80. The number of hydrogen-bond donors (Lipinski definition) is 0. The SMILES string of the molecule is CC(C)Sc1cn(C(C)C)nn1. The molecule has 1 aromatic heterocycles. The van der Waals surface area contributed by atoms with Crippen LogP contribution >= 0.6 is 11.8 Å². The Hall–Kier alpha value is -0.510. The van der Waals surface area contributed by atoms with Gasteiger partial charge in [-0.25, -0.2) is 4.68 Å². The van der Waals surface area contributed by atoms with Crippen LogP contribution in [0.1, 0.15) is 33.7 Å². The van der Waals surface area contributed by atoms with E-state index >= 15 is 0 Å². The summed E-state index contributed by atoms with van der Waals surface area (Å²) in [5, 5.41) is 9.65. The van der Waals surface area contributed by atoms with Gasteiger partial charge in [-0.3, -0.25) is 0 Å². The highest BCUT2D eigenvalue weighted by Crippen LogP contribution is 2.20. The molecule has 1 aromatic rings. The Balaban J connectivity index is 2.64. The first-order chi connectivity index (χ1) is 5.59. The first-order valence-electron chi connectivity index (χ1n) is 4.18. The second-order valence-corrected chi connectivity index (χ2v) is 4.89. The van der Waals surface area contributed by atoms with Crippen LogP contribution in [-0.2, 0) is 0 Å². The topological polar surface area (TPSA) is 30.7 Å². The highest BCUT2D eigenvalue weighted by molar-refractivity contribution is 7.99. The van der Waals surface area contributed by atoms with Gasteiger partial charge in [0.2, 0.25) is 0 Å². The first-order valence-corrected chi connectivity index (χ1v) is 5.06. The molecule has 0 saturated carbocycles. The lowest BCUT2D eigenvalue weighted by atomic mass is 10.4. The molecule has 4 heteroatoms. The fourth-order valence-corrected chi connectivity index (χ4v) is 1.54. The van der Waals surface area contributed by atoms with Gasteiger partial charge >= 0.3 is 0 Å². The standard InChI is InChI=1S/C8H15N3S/c1-6(2)11-5-8(9-10-11)12-7(3)4/h5-7H,1-4H3. The number of nitrogens with zero attached hydrogens (tertiary/aromatic N) is 3. The van der Waals surface area contributed by atoms with Gasteiger partial charge in [0, 0.05) is 11.3 Å². The van der Waals surface area contributed by atoms with Crippen molar-refractivity contribution in [1.82, 2.24) is 15.0 Å². The maximum absolute atomic E-state index is 4.05. The maximum atomic E-state index is 4.05. The Labute approximate surface area is 77.5 Å². The molecule has 68 valence electrons. The van der Waals surface area contributed by atoms with E-state index in [-0.39, 0.29) is 0 Å². The third-order valence-corrected chi connectivity index (χ3v) is 2.27. The van der Waals surface area contributed by atoms with Crippen LogP contribution in [0.2, 0.25) is 0 Å². The van der Waals surface area contributed by atoms with E-state index in [1.165, 1.54) is 0 Å². The number of thioether (sulfide) groups is 1. The minimum absolute atomic E-state index is 0.402. The van der Waals surface area contributed by atoms with E-state index in [0.29, 0.717) is 11.3 Å². The van der Waals surface area contributed by atoms with E-state index in [1.54, 1.807) is 11.8 Å². The van der Waals surface area contributed by atoms with Crippen molar-refractivity contribution in [2.75, 3.05) is 0 Å². The number of aromatic nitrogens is 3. The smallest absolute Gasteiger partial charge is 0.139 e. The third-order valence-electron chi connectivity index (χ3n) is 1.37. The molecule has 0 bridgehead atoms. The Morgan fingerprint density at radius 3 is 2.42 bits per heavy atom. The molecule has 0 aliphatic rings. The summed E-state index contributed by atoms with van der Waals surface area (Å²) in [6.45, 7) is 8.50. The van der Waals surface area contributed by atoms with Crippen LogP contribution in [0.5, 0.6) is 0 Å².